The monoisotopic (exact) mass is 273 g/mol. The summed E-state index contributed by atoms with van der Waals surface area (Å²) in [5.74, 6) is 0.945. The molecule has 1 aliphatic heterocycles. The minimum atomic E-state index is -0.323. The number of hydrogen-bond donors (Lipinski definition) is 1. The van der Waals surface area contributed by atoms with Crippen LogP contribution in [0.3, 0.4) is 0 Å². The maximum atomic E-state index is 13.4. The number of hydrogen-bond acceptors (Lipinski definition) is 3. The quantitative estimate of drug-likeness (QED) is 0.912. The maximum Gasteiger partial charge on any atom is 0.129 e. The molecule has 2 N–H and O–H groups in total. The molecule has 1 heterocycles. The summed E-state index contributed by atoms with van der Waals surface area (Å²) in [5, 5.41) is 0. The molecule has 20 heavy (non-hydrogen) atoms. The van der Waals surface area contributed by atoms with E-state index in [9.17, 15) is 4.39 Å². The molecular formula is C16H16FNO2. The number of halogens is 1. The van der Waals surface area contributed by atoms with Crippen LogP contribution in [0.4, 0.5) is 4.39 Å². The molecule has 2 aromatic carbocycles. The smallest absolute Gasteiger partial charge is 0.129 e. The van der Waals surface area contributed by atoms with E-state index in [0.717, 1.165) is 16.9 Å². The molecule has 0 aromatic heterocycles. The fourth-order valence-electron chi connectivity index (χ4n) is 2.60. The van der Waals surface area contributed by atoms with Crippen LogP contribution in [0.2, 0.25) is 0 Å². The standard InChI is InChI=1S/C16H16FNO2/c1-19-14-5-3-2-4-12(14)16-9-13(18)11-7-6-10(17)8-15(11)20-16/h2-8,13,16H,9,18H2,1H3/t13-,16?/m0/s1. The molecule has 3 rings (SSSR count). The Morgan fingerprint density at radius 3 is 2.80 bits per heavy atom. The summed E-state index contributed by atoms with van der Waals surface area (Å²) >= 11 is 0. The highest BCUT2D eigenvalue weighted by Gasteiger charge is 2.29. The normalized spacial score (nSPS) is 20.9. The van der Waals surface area contributed by atoms with Gasteiger partial charge in [0.15, 0.2) is 0 Å². The van der Waals surface area contributed by atoms with Gasteiger partial charge in [0.25, 0.3) is 0 Å². The van der Waals surface area contributed by atoms with Crippen LogP contribution in [0.25, 0.3) is 0 Å². The lowest BCUT2D eigenvalue weighted by atomic mass is 9.93. The third-order valence-corrected chi connectivity index (χ3v) is 3.60. The molecule has 0 saturated carbocycles. The van der Waals surface area contributed by atoms with Crippen LogP contribution >= 0.6 is 0 Å². The predicted molar refractivity (Wildman–Crippen MR) is 74.3 cm³/mol. The van der Waals surface area contributed by atoms with Gasteiger partial charge in [0.05, 0.1) is 7.11 Å². The molecule has 2 atom stereocenters. The minimum Gasteiger partial charge on any atom is -0.496 e. The lowest BCUT2D eigenvalue weighted by molar-refractivity contribution is 0.157. The molecule has 1 aliphatic rings. The van der Waals surface area contributed by atoms with Crippen LogP contribution in [0.15, 0.2) is 42.5 Å². The molecule has 0 amide bonds. The maximum absolute atomic E-state index is 13.4. The number of fused-ring (bicyclic) bond motifs is 1. The van der Waals surface area contributed by atoms with Crippen molar-refractivity contribution in [3.63, 3.8) is 0 Å². The molecule has 0 bridgehead atoms. The van der Waals surface area contributed by atoms with Crippen molar-refractivity contribution in [1.82, 2.24) is 0 Å². The molecule has 2 aromatic rings. The molecule has 0 aliphatic carbocycles. The average Bonchev–Trinajstić information content (AvgIpc) is 2.46. The van der Waals surface area contributed by atoms with Crippen LogP contribution in [0.5, 0.6) is 11.5 Å². The van der Waals surface area contributed by atoms with E-state index >= 15 is 0 Å². The van der Waals surface area contributed by atoms with Crippen molar-refractivity contribution >= 4 is 0 Å². The van der Waals surface area contributed by atoms with Gasteiger partial charge in [-0.1, -0.05) is 24.3 Å². The number of para-hydroxylation sites is 1. The van der Waals surface area contributed by atoms with Gasteiger partial charge in [0.2, 0.25) is 0 Å². The van der Waals surface area contributed by atoms with Gasteiger partial charge in [-0.25, -0.2) is 4.39 Å². The Balaban J connectivity index is 1.98. The molecular weight excluding hydrogens is 257 g/mol. The number of rotatable bonds is 2. The molecule has 0 radical (unpaired) electrons. The summed E-state index contributed by atoms with van der Waals surface area (Å²) in [6.07, 6.45) is 0.411. The first kappa shape index (κ1) is 12.9. The van der Waals surface area contributed by atoms with Gasteiger partial charge in [-0.2, -0.15) is 0 Å². The minimum absolute atomic E-state index is 0.172. The van der Waals surface area contributed by atoms with Gasteiger partial charge in [-0.05, 0) is 12.1 Å². The molecule has 4 heteroatoms. The van der Waals surface area contributed by atoms with Crippen molar-refractivity contribution in [2.45, 2.75) is 18.6 Å². The molecule has 0 spiro atoms. The van der Waals surface area contributed by atoms with Gasteiger partial charge >= 0.3 is 0 Å². The van der Waals surface area contributed by atoms with E-state index in [1.807, 2.05) is 24.3 Å². The van der Waals surface area contributed by atoms with Gasteiger partial charge in [-0.3, -0.25) is 0 Å². The Hall–Kier alpha value is -2.07. The molecule has 0 fully saturated rings. The number of methoxy groups -OCH3 is 1. The van der Waals surface area contributed by atoms with E-state index in [2.05, 4.69) is 0 Å². The predicted octanol–water partition coefficient (Wildman–Crippen LogP) is 3.36. The zero-order valence-electron chi connectivity index (χ0n) is 11.2. The number of benzene rings is 2. The first-order valence-corrected chi connectivity index (χ1v) is 6.53. The topological polar surface area (TPSA) is 44.5 Å². The lowest BCUT2D eigenvalue weighted by Crippen LogP contribution is -2.24. The largest absolute Gasteiger partial charge is 0.496 e. The summed E-state index contributed by atoms with van der Waals surface area (Å²) in [5.41, 5.74) is 7.95. The zero-order valence-corrected chi connectivity index (χ0v) is 11.2. The van der Waals surface area contributed by atoms with E-state index in [4.69, 9.17) is 15.2 Å². The summed E-state index contributed by atoms with van der Waals surface area (Å²) in [4.78, 5) is 0. The van der Waals surface area contributed by atoms with Gasteiger partial charge < -0.3 is 15.2 Å². The summed E-state index contributed by atoms with van der Waals surface area (Å²) < 4.78 is 24.6. The fourth-order valence-corrected chi connectivity index (χ4v) is 2.60. The first-order valence-electron chi connectivity index (χ1n) is 6.53. The highest BCUT2D eigenvalue weighted by molar-refractivity contribution is 5.42. The Labute approximate surface area is 117 Å². The third-order valence-electron chi connectivity index (χ3n) is 3.60. The van der Waals surface area contributed by atoms with Crippen molar-refractivity contribution in [2.24, 2.45) is 5.73 Å². The van der Waals surface area contributed by atoms with Crippen molar-refractivity contribution < 1.29 is 13.9 Å². The second-order valence-electron chi connectivity index (χ2n) is 4.87. The van der Waals surface area contributed by atoms with Crippen LogP contribution in [-0.4, -0.2) is 7.11 Å². The Morgan fingerprint density at radius 2 is 2.00 bits per heavy atom. The SMILES string of the molecule is COc1ccccc1C1C[C@H](N)c2ccc(F)cc2O1. The lowest BCUT2D eigenvalue weighted by Gasteiger charge is -2.31. The molecule has 104 valence electrons. The Kier molecular flexibility index (Phi) is 3.32. The van der Waals surface area contributed by atoms with Gasteiger partial charge in [0, 0.05) is 29.7 Å². The summed E-state index contributed by atoms with van der Waals surface area (Å²) in [7, 11) is 1.62. The highest BCUT2D eigenvalue weighted by Crippen LogP contribution is 2.42. The van der Waals surface area contributed by atoms with E-state index in [1.165, 1.54) is 12.1 Å². The highest BCUT2D eigenvalue weighted by atomic mass is 19.1. The van der Waals surface area contributed by atoms with Crippen LogP contribution in [0.1, 0.15) is 29.7 Å². The van der Waals surface area contributed by atoms with Crippen LogP contribution < -0.4 is 15.2 Å². The fraction of sp³-hybridized carbons (Fsp3) is 0.250. The van der Waals surface area contributed by atoms with Gasteiger partial charge in [0.1, 0.15) is 23.4 Å². The molecule has 0 saturated heterocycles. The Morgan fingerprint density at radius 1 is 1.20 bits per heavy atom. The summed E-state index contributed by atoms with van der Waals surface area (Å²) in [6, 6.07) is 12.0. The van der Waals surface area contributed by atoms with E-state index in [-0.39, 0.29) is 18.0 Å². The van der Waals surface area contributed by atoms with E-state index in [1.54, 1.807) is 13.2 Å². The van der Waals surface area contributed by atoms with Crippen molar-refractivity contribution in [2.75, 3.05) is 7.11 Å². The van der Waals surface area contributed by atoms with E-state index in [0.29, 0.717) is 12.2 Å². The van der Waals surface area contributed by atoms with Crippen LogP contribution in [-0.2, 0) is 0 Å². The second kappa shape index (κ2) is 5.13. The number of ether oxygens (including phenoxy) is 2. The molecule has 3 nitrogen and oxygen atoms in total. The molecule has 1 unspecified atom stereocenters. The Bertz CT molecular complexity index is 630. The number of nitrogens with two attached hydrogens (primary N) is 1. The van der Waals surface area contributed by atoms with Gasteiger partial charge in [-0.15, -0.1) is 0 Å². The first-order chi connectivity index (χ1) is 9.69. The van der Waals surface area contributed by atoms with E-state index < -0.39 is 0 Å². The summed E-state index contributed by atoms with van der Waals surface area (Å²) in [6.45, 7) is 0. The van der Waals surface area contributed by atoms with Crippen molar-refractivity contribution in [3.8, 4) is 11.5 Å². The average molecular weight is 273 g/mol. The third kappa shape index (κ3) is 2.23. The van der Waals surface area contributed by atoms with Crippen molar-refractivity contribution in [3.05, 3.63) is 59.4 Å². The second-order valence-corrected chi connectivity index (χ2v) is 4.87. The zero-order chi connectivity index (χ0) is 14.1. The van der Waals surface area contributed by atoms with Crippen molar-refractivity contribution in [1.29, 1.82) is 0 Å². The van der Waals surface area contributed by atoms with Crippen LogP contribution in [0, 0.1) is 5.82 Å².